The van der Waals surface area contributed by atoms with Crippen molar-refractivity contribution in [3.8, 4) is 0 Å². The van der Waals surface area contributed by atoms with Gasteiger partial charge in [0.1, 0.15) is 0 Å². The van der Waals surface area contributed by atoms with Crippen LogP contribution in [0.4, 0.5) is 5.69 Å². The van der Waals surface area contributed by atoms with Crippen LogP contribution >= 0.6 is 0 Å². The molecule has 1 aliphatic carbocycles. The Labute approximate surface area is 130 Å². The molecule has 3 N–H and O–H groups in total. The number of hydrogen-bond acceptors (Lipinski definition) is 3. The topological polar surface area (TPSA) is 64.4 Å². The molecule has 114 valence electrons. The van der Waals surface area contributed by atoms with Crippen molar-refractivity contribution in [1.82, 2.24) is 0 Å². The number of nitrogens with two attached hydrogens (primary N) is 1. The highest BCUT2D eigenvalue weighted by atomic mass is 16.5. The molecule has 3 rings (SSSR count). The Morgan fingerprint density at radius 1 is 1.00 bits per heavy atom. The molecule has 0 unspecified atom stereocenters. The van der Waals surface area contributed by atoms with Crippen LogP contribution in [-0.2, 0) is 22.7 Å². The van der Waals surface area contributed by atoms with Crippen LogP contribution in [0, 0.1) is 0 Å². The van der Waals surface area contributed by atoms with Gasteiger partial charge in [-0.2, -0.15) is 0 Å². The number of carbonyl (C=O) groups is 1. The predicted octanol–water partition coefficient (Wildman–Crippen LogP) is 2.83. The van der Waals surface area contributed by atoms with E-state index < -0.39 is 5.54 Å². The number of anilines is 1. The summed E-state index contributed by atoms with van der Waals surface area (Å²) in [6.45, 7) is 1.14. The average molecular weight is 296 g/mol. The van der Waals surface area contributed by atoms with Crippen molar-refractivity contribution in [3.05, 3.63) is 65.7 Å². The van der Waals surface area contributed by atoms with Crippen molar-refractivity contribution < 1.29 is 9.53 Å². The molecule has 22 heavy (non-hydrogen) atoms. The Morgan fingerprint density at radius 2 is 1.59 bits per heavy atom. The summed E-state index contributed by atoms with van der Waals surface area (Å²) in [5, 5.41) is 2.85. The average Bonchev–Trinajstić information content (AvgIpc) is 3.29. The fourth-order valence-corrected chi connectivity index (χ4v) is 2.16. The van der Waals surface area contributed by atoms with E-state index in [2.05, 4.69) is 5.32 Å². The molecule has 1 amide bonds. The first-order valence-electron chi connectivity index (χ1n) is 7.47. The Bertz CT molecular complexity index is 634. The number of rotatable bonds is 6. The maximum absolute atomic E-state index is 11.8. The van der Waals surface area contributed by atoms with Crippen molar-refractivity contribution in [2.45, 2.75) is 31.6 Å². The van der Waals surface area contributed by atoms with Crippen molar-refractivity contribution in [3.63, 3.8) is 0 Å². The van der Waals surface area contributed by atoms with Crippen LogP contribution in [0.1, 0.15) is 24.0 Å². The highest BCUT2D eigenvalue weighted by Crippen LogP contribution is 2.33. The largest absolute Gasteiger partial charge is 0.372 e. The number of carbonyl (C=O) groups excluding carboxylic acids is 1. The van der Waals surface area contributed by atoms with Crippen LogP contribution in [0.5, 0.6) is 0 Å². The zero-order valence-electron chi connectivity index (χ0n) is 12.4. The Kier molecular flexibility index (Phi) is 4.22. The number of nitrogens with one attached hydrogen (secondary N) is 1. The molecule has 0 bridgehead atoms. The van der Waals surface area contributed by atoms with E-state index in [-0.39, 0.29) is 5.91 Å². The smallest absolute Gasteiger partial charge is 0.244 e. The molecule has 2 aromatic rings. The second-order valence-corrected chi connectivity index (χ2v) is 5.79. The fraction of sp³-hybridized carbons (Fsp3) is 0.278. The monoisotopic (exact) mass is 296 g/mol. The van der Waals surface area contributed by atoms with Gasteiger partial charge in [-0.3, -0.25) is 4.79 Å². The molecule has 0 spiro atoms. The maximum atomic E-state index is 11.8. The van der Waals surface area contributed by atoms with Gasteiger partial charge in [0.15, 0.2) is 0 Å². The molecule has 0 aliphatic heterocycles. The number of hydrogen-bond donors (Lipinski definition) is 2. The molecule has 1 fully saturated rings. The standard InChI is InChI=1S/C18H20N2O2/c19-18(10-11-18)17(21)20-16-8-6-15(7-9-16)13-22-12-14-4-2-1-3-5-14/h1-9H,10-13,19H2,(H,20,21). The highest BCUT2D eigenvalue weighted by Gasteiger charge is 2.45. The third kappa shape index (κ3) is 3.72. The molecule has 0 atom stereocenters. The molecule has 1 aliphatic rings. The zero-order chi connectivity index (χ0) is 15.4. The van der Waals surface area contributed by atoms with Gasteiger partial charge in [-0.15, -0.1) is 0 Å². The van der Waals surface area contributed by atoms with E-state index in [0.717, 1.165) is 29.7 Å². The minimum absolute atomic E-state index is 0.0967. The molecule has 0 saturated heterocycles. The van der Waals surface area contributed by atoms with Crippen LogP contribution in [0.3, 0.4) is 0 Å². The van der Waals surface area contributed by atoms with E-state index in [4.69, 9.17) is 10.5 Å². The fourth-order valence-electron chi connectivity index (χ4n) is 2.16. The van der Waals surface area contributed by atoms with Crippen molar-refractivity contribution in [2.75, 3.05) is 5.32 Å². The Balaban J connectivity index is 1.48. The number of benzene rings is 2. The van der Waals surface area contributed by atoms with Crippen LogP contribution in [-0.4, -0.2) is 11.4 Å². The van der Waals surface area contributed by atoms with E-state index in [1.54, 1.807) is 0 Å². The van der Waals surface area contributed by atoms with Crippen LogP contribution in [0.2, 0.25) is 0 Å². The quantitative estimate of drug-likeness (QED) is 0.861. The molecule has 2 aromatic carbocycles. The van der Waals surface area contributed by atoms with E-state index in [9.17, 15) is 4.79 Å². The summed E-state index contributed by atoms with van der Waals surface area (Å²) >= 11 is 0. The molecule has 0 aromatic heterocycles. The molecule has 0 radical (unpaired) electrons. The Hall–Kier alpha value is -2.17. The van der Waals surface area contributed by atoms with E-state index in [1.165, 1.54) is 0 Å². The molecule has 1 saturated carbocycles. The number of amides is 1. The van der Waals surface area contributed by atoms with Crippen molar-refractivity contribution in [1.29, 1.82) is 0 Å². The number of ether oxygens (including phenoxy) is 1. The summed E-state index contributed by atoms with van der Waals surface area (Å²) in [6, 6.07) is 17.7. The minimum atomic E-state index is -0.641. The first kappa shape index (κ1) is 14.8. The third-order valence-corrected chi connectivity index (χ3v) is 3.83. The summed E-state index contributed by atoms with van der Waals surface area (Å²) in [5.41, 5.74) is 8.22. The molecule has 4 nitrogen and oxygen atoms in total. The van der Waals surface area contributed by atoms with Crippen LogP contribution < -0.4 is 11.1 Å². The van der Waals surface area contributed by atoms with Gasteiger partial charge in [-0.25, -0.2) is 0 Å². The lowest BCUT2D eigenvalue weighted by Crippen LogP contribution is -2.37. The summed E-state index contributed by atoms with van der Waals surface area (Å²) in [7, 11) is 0. The van der Waals surface area contributed by atoms with Gasteiger partial charge < -0.3 is 15.8 Å². The lowest BCUT2D eigenvalue weighted by atomic mass is 10.2. The maximum Gasteiger partial charge on any atom is 0.244 e. The van der Waals surface area contributed by atoms with Gasteiger partial charge in [0.25, 0.3) is 0 Å². The van der Waals surface area contributed by atoms with Crippen molar-refractivity contribution in [2.24, 2.45) is 5.73 Å². The van der Waals surface area contributed by atoms with Crippen LogP contribution in [0.15, 0.2) is 54.6 Å². The normalized spacial score (nSPS) is 15.3. The van der Waals surface area contributed by atoms with Gasteiger partial charge in [0, 0.05) is 5.69 Å². The van der Waals surface area contributed by atoms with Gasteiger partial charge in [0.05, 0.1) is 18.8 Å². The summed E-state index contributed by atoms with van der Waals surface area (Å²) in [6.07, 6.45) is 1.54. The van der Waals surface area contributed by atoms with E-state index in [1.807, 2.05) is 54.6 Å². The van der Waals surface area contributed by atoms with E-state index >= 15 is 0 Å². The highest BCUT2D eigenvalue weighted by molar-refractivity contribution is 6.00. The molecule has 0 heterocycles. The SMILES string of the molecule is NC1(C(=O)Nc2ccc(COCc3ccccc3)cc2)CC1. The summed E-state index contributed by atoms with van der Waals surface area (Å²) in [5.74, 6) is -0.0967. The molecular formula is C18H20N2O2. The van der Waals surface area contributed by atoms with Gasteiger partial charge in [-0.05, 0) is 36.1 Å². The second-order valence-electron chi connectivity index (χ2n) is 5.79. The second kappa shape index (κ2) is 6.30. The molecule has 4 heteroatoms. The zero-order valence-corrected chi connectivity index (χ0v) is 12.4. The van der Waals surface area contributed by atoms with Gasteiger partial charge in [0.2, 0.25) is 5.91 Å². The molecular weight excluding hydrogens is 276 g/mol. The first-order chi connectivity index (χ1) is 10.7. The van der Waals surface area contributed by atoms with Crippen molar-refractivity contribution >= 4 is 11.6 Å². The van der Waals surface area contributed by atoms with Gasteiger partial charge in [-0.1, -0.05) is 42.5 Å². The lowest BCUT2D eigenvalue weighted by molar-refractivity contribution is -0.118. The third-order valence-electron chi connectivity index (χ3n) is 3.83. The summed E-state index contributed by atoms with van der Waals surface area (Å²) in [4.78, 5) is 11.8. The summed E-state index contributed by atoms with van der Waals surface area (Å²) < 4.78 is 5.68. The van der Waals surface area contributed by atoms with Gasteiger partial charge >= 0.3 is 0 Å². The van der Waals surface area contributed by atoms with Crippen LogP contribution in [0.25, 0.3) is 0 Å². The predicted molar refractivity (Wildman–Crippen MR) is 86.2 cm³/mol. The Morgan fingerprint density at radius 3 is 2.18 bits per heavy atom. The minimum Gasteiger partial charge on any atom is -0.372 e. The van der Waals surface area contributed by atoms with E-state index in [0.29, 0.717) is 13.2 Å². The lowest BCUT2D eigenvalue weighted by Gasteiger charge is -2.10. The first-order valence-corrected chi connectivity index (χ1v) is 7.47.